The molecule has 0 radical (unpaired) electrons. The molecule has 9 heteroatoms. The van der Waals surface area contributed by atoms with E-state index in [9.17, 15) is 18.3 Å². The van der Waals surface area contributed by atoms with Crippen molar-refractivity contribution in [3.05, 3.63) is 29.8 Å². The van der Waals surface area contributed by atoms with E-state index in [2.05, 4.69) is 5.32 Å². The molecule has 2 N–H and O–H groups in total. The summed E-state index contributed by atoms with van der Waals surface area (Å²) >= 11 is 0. The number of fused-ring (bicyclic) bond motifs is 1. The number of hydrogen-bond donors (Lipinski definition) is 2. The Balaban J connectivity index is 1.40. The molecule has 4 atom stereocenters. The molecule has 2 aliphatic heterocycles. The van der Waals surface area contributed by atoms with Gasteiger partial charge in [0.1, 0.15) is 0 Å². The van der Waals surface area contributed by atoms with Gasteiger partial charge in [0, 0.05) is 13.1 Å². The van der Waals surface area contributed by atoms with Crippen LogP contribution in [0.25, 0.3) is 0 Å². The van der Waals surface area contributed by atoms with Crippen LogP contribution < -0.4 is 5.32 Å². The Morgan fingerprint density at radius 3 is 2.56 bits per heavy atom. The highest BCUT2D eigenvalue weighted by atomic mass is 32.2. The SMILES string of the molecule is Cc1ccc(S(=O)(=O)N2C[C@@H](O)COC[C@@H]3O[C@@H](CC(=O)NCC4CCCCC4)CC[C@H]32)cc1. The third kappa shape index (κ3) is 6.37. The number of carbonyl (C=O) groups excluding carboxylic acids is 1. The highest BCUT2D eigenvalue weighted by molar-refractivity contribution is 7.89. The predicted molar refractivity (Wildman–Crippen MR) is 128 cm³/mol. The predicted octanol–water partition coefficient (Wildman–Crippen LogP) is 2.38. The van der Waals surface area contributed by atoms with Crippen LogP contribution in [-0.2, 0) is 24.3 Å². The molecule has 0 spiro atoms. The van der Waals surface area contributed by atoms with Crippen molar-refractivity contribution in [3.63, 3.8) is 0 Å². The second-order valence-corrected chi connectivity index (χ2v) is 11.9. The maximum Gasteiger partial charge on any atom is 0.243 e. The van der Waals surface area contributed by atoms with Crippen molar-refractivity contribution in [1.82, 2.24) is 9.62 Å². The number of carbonyl (C=O) groups is 1. The monoisotopic (exact) mass is 494 g/mol. The standard InChI is InChI=1S/C25H38N2O6S/c1-18-7-10-22(11-8-18)34(30,31)27-15-20(28)16-32-17-24-23(27)12-9-21(33-24)13-25(29)26-14-19-5-3-2-4-6-19/h7-8,10-11,19-21,23-24,28H,2-6,9,12-17H2,1H3,(H,26,29)/t20-,21-,23-,24+/m1/s1. The topological polar surface area (TPSA) is 105 Å². The summed E-state index contributed by atoms with van der Waals surface area (Å²) in [5, 5.41) is 13.4. The van der Waals surface area contributed by atoms with Crippen molar-refractivity contribution in [3.8, 4) is 0 Å². The number of β-amino-alcohol motifs (C(OH)–C–C–N with tert-alkyl or cyclic N) is 1. The first-order valence-electron chi connectivity index (χ1n) is 12.6. The van der Waals surface area contributed by atoms with E-state index < -0.39 is 28.3 Å². The average molecular weight is 495 g/mol. The number of nitrogens with zero attached hydrogens (tertiary/aromatic N) is 1. The van der Waals surface area contributed by atoms with E-state index in [-0.39, 0.29) is 43.1 Å². The first kappa shape index (κ1) is 25.6. The van der Waals surface area contributed by atoms with E-state index >= 15 is 0 Å². The van der Waals surface area contributed by atoms with Gasteiger partial charge in [0.25, 0.3) is 0 Å². The lowest BCUT2D eigenvalue weighted by Gasteiger charge is -2.43. The number of aryl methyl sites for hydroxylation is 1. The molecule has 1 amide bonds. The van der Waals surface area contributed by atoms with Crippen molar-refractivity contribution >= 4 is 15.9 Å². The summed E-state index contributed by atoms with van der Waals surface area (Å²) in [6, 6.07) is 6.29. The number of nitrogens with one attached hydrogen (secondary N) is 1. The van der Waals surface area contributed by atoms with Crippen LogP contribution in [-0.4, -0.2) is 74.4 Å². The lowest BCUT2D eigenvalue weighted by atomic mass is 9.89. The van der Waals surface area contributed by atoms with Gasteiger partial charge in [0.05, 0.1) is 48.9 Å². The van der Waals surface area contributed by atoms with Gasteiger partial charge in [-0.1, -0.05) is 37.0 Å². The third-order valence-corrected chi connectivity index (χ3v) is 9.19. The molecule has 1 aromatic carbocycles. The number of hydrogen-bond acceptors (Lipinski definition) is 6. The summed E-state index contributed by atoms with van der Waals surface area (Å²) in [5.41, 5.74) is 0.975. The quantitative estimate of drug-likeness (QED) is 0.629. The molecule has 0 bridgehead atoms. The van der Waals surface area contributed by atoms with E-state index in [0.717, 1.165) is 12.1 Å². The van der Waals surface area contributed by atoms with Gasteiger partial charge in [-0.15, -0.1) is 0 Å². The number of amides is 1. The molecular formula is C25H38N2O6S. The fraction of sp³-hybridized carbons (Fsp3) is 0.720. The highest BCUT2D eigenvalue weighted by Gasteiger charge is 2.43. The minimum absolute atomic E-state index is 0.0136. The van der Waals surface area contributed by atoms with Crippen molar-refractivity contribution in [2.45, 2.75) is 87.5 Å². The zero-order valence-corrected chi connectivity index (χ0v) is 20.8. The lowest BCUT2D eigenvalue weighted by molar-refractivity contribution is -0.146. The summed E-state index contributed by atoms with van der Waals surface area (Å²) in [6.07, 6.45) is 5.85. The average Bonchev–Trinajstić information content (AvgIpc) is 2.81. The van der Waals surface area contributed by atoms with Crippen LogP contribution in [0.3, 0.4) is 0 Å². The molecule has 2 heterocycles. The summed E-state index contributed by atoms with van der Waals surface area (Å²) in [7, 11) is -3.82. The van der Waals surface area contributed by atoms with Gasteiger partial charge in [0.2, 0.25) is 15.9 Å². The van der Waals surface area contributed by atoms with Gasteiger partial charge >= 0.3 is 0 Å². The summed E-state index contributed by atoms with van der Waals surface area (Å²) in [6.45, 7) is 2.80. The molecule has 4 rings (SSSR count). The molecule has 34 heavy (non-hydrogen) atoms. The zero-order valence-electron chi connectivity index (χ0n) is 20.0. The lowest BCUT2D eigenvalue weighted by Crippen LogP contribution is -2.57. The fourth-order valence-electron chi connectivity index (χ4n) is 5.34. The Morgan fingerprint density at radius 1 is 1.09 bits per heavy atom. The third-order valence-electron chi connectivity index (χ3n) is 7.29. The summed E-state index contributed by atoms with van der Waals surface area (Å²) < 4.78 is 40.3. The Hall–Kier alpha value is -1.52. The molecule has 0 aromatic heterocycles. The minimum Gasteiger partial charge on any atom is -0.389 e. The second-order valence-electron chi connectivity index (χ2n) is 10.0. The van der Waals surface area contributed by atoms with Gasteiger partial charge < -0.3 is 19.9 Å². The second kappa shape index (κ2) is 11.5. The van der Waals surface area contributed by atoms with Crippen molar-refractivity contribution in [2.75, 3.05) is 26.3 Å². The van der Waals surface area contributed by atoms with Crippen LogP contribution in [0.15, 0.2) is 29.2 Å². The Morgan fingerprint density at radius 2 is 1.82 bits per heavy atom. The fourth-order valence-corrected chi connectivity index (χ4v) is 7.06. The smallest absolute Gasteiger partial charge is 0.243 e. The van der Waals surface area contributed by atoms with Crippen LogP contribution in [0, 0.1) is 12.8 Å². The van der Waals surface area contributed by atoms with Gasteiger partial charge in [-0.25, -0.2) is 8.42 Å². The van der Waals surface area contributed by atoms with Crippen LogP contribution in [0.4, 0.5) is 0 Å². The van der Waals surface area contributed by atoms with Gasteiger partial charge in [-0.2, -0.15) is 4.31 Å². The molecule has 1 aromatic rings. The number of ether oxygens (including phenoxy) is 2. The summed E-state index contributed by atoms with van der Waals surface area (Å²) in [4.78, 5) is 12.8. The molecule has 0 unspecified atom stereocenters. The van der Waals surface area contributed by atoms with Crippen LogP contribution >= 0.6 is 0 Å². The molecule has 3 aliphatic rings. The first-order chi connectivity index (χ1) is 16.3. The molecule has 1 saturated carbocycles. The number of rotatable bonds is 6. The normalized spacial score (nSPS) is 29.6. The van der Waals surface area contributed by atoms with E-state index in [1.807, 2.05) is 6.92 Å². The largest absolute Gasteiger partial charge is 0.389 e. The maximum atomic E-state index is 13.5. The molecule has 8 nitrogen and oxygen atoms in total. The van der Waals surface area contributed by atoms with Gasteiger partial charge in [0.15, 0.2) is 0 Å². The van der Waals surface area contributed by atoms with E-state index in [4.69, 9.17) is 9.47 Å². The highest BCUT2D eigenvalue weighted by Crippen LogP contribution is 2.31. The maximum absolute atomic E-state index is 13.5. The molecule has 1 aliphatic carbocycles. The van der Waals surface area contributed by atoms with Crippen LogP contribution in [0.1, 0.15) is 56.9 Å². The van der Waals surface area contributed by atoms with E-state index in [0.29, 0.717) is 18.8 Å². The Kier molecular flexibility index (Phi) is 8.63. The zero-order chi connectivity index (χ0) is 24.1. The number of aliphatic hydroxyl groups is 1. The number of sulfonamides is 1. The molecule has 3 fully saturated rings. The number of aliphatic hydroxyl groups excluding tert-OH is 1. The number of benzene rings is 1. The van der Waals surface area contributed by atoms with Crippen molar-refractivity contribution in [1.29, 1.82) is 0 Å². The van der Waals surface area contributed by atoms with E-state index in [1.54, 1.807) is 24.3 Å². The molecular weight excluding hydrogens is 456 g/mol. The van der Waals surface area contributed by atoms with Gasteiger partial charge in [-0.05, 0) is 50.7 Å². The van der Waals surface area contributed by atoms with E-state index in [1.165, 1.54) is 36.4 Å². The first-order valence-corrected chi connectivity index (χ1v) is 14.0. The van der Waals surface area contributed by atoms with Crippen LogP contribution in [0.2, 0.25) is 0 Å². The van der Waals surface area contributed by atoms with Crippen molar-refractivity contribution in [2.24, 2.45) is 5.92 Å². The van der Waals surface area contributed by atoms with Crippen molar-refractivity contribution < 1.29 is 27.8 Å². The molecule has 190 valence electrons. The Bertz CT molecular complexity index is 916. The van der Waals surface area contributed by atoms with Gasteiger partial charge in [-0.3, -0.25) is 4.79 Å². The minimum atomic E-state index is -3.82. The molecule has 2 saturated heterocycles. The Labute approximate surface area is 203 Å². The summed E-state index contributed by atoms with van der Waals surface area (Å²) in [5.74, 6) is 0.556. The van der Waals surface area contributed by atoms with Crippen LogP contribution in [0.5, 0.6) is 0 Å².